The number of rotatable bonds is 7. The Kier molecular flexibility index (Phi) is 4.88. The second kappa shape index (κ2) is 6.50. The predicted molar refractivity (Wildman–Crippen MR) is 82.8 cm³/mol. The van der Waals surface area contributed by atoms with Crippen LogP contribution in [0.3, 0.4) is 0 Å². The largest absolute Gasteiger partial charge is 0.481 e. The summed E-state index contributed by atoms with van der Waals surface area (Å²) in [5, 5.41) is 16.2. The first kappa shape index (κ1) is 16.5. The van der Waals surface area contributed by atoms with Gasteiger partial charge in [-0.15, -0.1) is 0 Å². The zero-order valence-electron chi connectivity index (χ0n) is 13.7. The minimum absolute atomic E-state index is 0.225. The molecule has 2 rings (SSSR count). The normalized spacial score (nSPS) is 17.3. The lowest BCUT2D eigenvalue weighted by atomic mass is 10.0. The molecule has 1 heterocycles. The van der Waals surface area contributed by atoms with Gasteiger partial charge in [0.1, 0.15) is 0 Å². The molecule has 0 aliphatic heterocycles. The number of hydrogen-bond acceptors (Lipinski definition) is 3. The number of amides is 1. The van der Waals surface area contributed by atoms with Crippen LogP contribution in [0.5, 0.6) is 0 Å². The van der Waals surface area contributed by atoms with Crippen LogP contribution in [0.2, 0.25) is 0 Å². The molecule has 6 nitrogen and oxygen atoms in total. The molecule has 1 aliphatic rings. The van der Waals surface area contributed by atoms with Crippen LogP contribution in [-0.4, -0.2) is 32.8 Å². The van der Waals surface area contributed by atoms with E-state index in [1.165, 1.54) is 0 Å². The first-order valence-electron chi connectivity index (χ1n) is 7.90. The number of carbonyl (C=O) groups is 2. The summed E-state index contributed by atoms with van der Waals surface area (Å²) < 4.78 is 1.93. The Morgan fingerprint density at radius 3 is 2.50 bits per heavy atom. The van der Waals surface area contributed by atoms with Gasteiger partial charge in [-0.1, -0.05) is 13.8 Å². The zero-order valence-corrected chi connectivity index (χ0v) is 13.7. The van der Waals surface area contributed by atoms with Gasteiger partial charge in [0.05, 0.1) is 23.4 Å². The maximum atomic E-state index is 12.5. The number of carbonyl (C=O) groups excluding carboxylic acids is 1. The number of aromatic nitrogens is 2. The van der Waals surface area contributed by atoms with Gasteiger partial charge in [0, 0.05) is 18.5 Å². The zero-order chi connectivity index (χ0) is 16.4. The van der Waals surface area contributed by atoms with E-state index in [1.54, 1.807) is 20.0 Å². The highest BCUT2D eigenvalue weighted by Gasteiger charge is 2.33. The molecule has 2 unspecified atom stereocenters. The average molecular weight is 307 g/mol. The summed E-state index contributed by atoms with van der Waals surface area (Å²) in [7, 11) is 0. The van der Waals surface area contributed by atoms with Gasteiger partial charge in [0.25, 0.3) is 5.91 Å². The van der Waals surface area contributed by atoms with Gasteiger partial charge in [-0.3, -0.25) is 14.3 Å². The van der Waals surface area contributed by atoms with Crippen molar-refractivity contribution in [2.75, 3.05) is 0 Å². The van der Waals surface area contributed by atoms with Gasteiger partial charge < -0.3 is 10.4 Å². The van der Waals surface area contributed by atoms with Crippen molar-refractivity contribution in [2.24, 2.45) is 11.8 Å². The molecule has 0 spiro atoms. The summed E-state index contributed by atoms with van der Waals surface area (Å²) in [6.07, 6.45) is 3.79. The molecule has 122 valence electrons. The molecule has 1 amide bonds. The molecule has 1 aromatic heterocycles. The second-order valence-corrected chi connectivity index (χ2v) is 6.68. The van der Waals surface area contributed by atoms with Crippen molar-refractivity contribution < 1.29 is 14.7 Å². The van der Waals surface area contributed by atoms with Crippen molar-refractivity contribution in [3.8, 4) is 0 Å². The Hall–Kier alpha value is -1.85. The van der Waals surface area contributed by atoms with Crippen molar-refractivity contribution in [3.63, 3.8) is 0 Å². The van der Waals surface area contributed by atoms with Crippen LogP contribution in [-0.2, 0) is 11.3 Å². The Labute approximate surface area is 130 Å². The maximum absolute atomic E-state index is 12.5. The molecule has 0 aromatic carbocycles. The lowest BCUT2D eigenvalue weighted by molar-refractivity contribution is -0.141. The minimum Gasteiger partial charge on any atom is -0.481 e. The topological polar surface area (TPSA) is 84.2 Å². The van der Waals surface area contributed by atoms with E-state index in [4.69, 9.17) is 5.11 Å². The van der Waals surface area contributed by atoms with Crippen LogP contribution in [0.4, 0.5) is 0 Å². The highest BCUT2D eigenvalue weighted by Crippen LogP contribution is 2.41. The summed E-state index contributed by atoms with van der Waals surface area (Å²) in [5.41, 5.74) is 1.59. The monoisotopic (exact) mass is 307 g/mol. The first-order chi connectivity index (χ1) is 10.3. The predicted octanol–water partition coefficient (Wildman–Crippen LogP) is 2.26. The Morgan fingerprint density at radius 2 is 2.00 bits per heavy atom. The van der Waals surface area contributed by atoms with Crippen LogP contribution in [0, 0.1) is 11.8 Å². The highest BCUT2D eigenvalue weighted by atomic mass is 16.4. The lowest BCUT2D eigenvalue weighted by Gasteiger charge is -2.18. The van der Waals surface area contributed by atoms with Crippen LogP contribution in [0.15, 0.2) is 6.20 Å². The van der Waals surface area contributed by atoms with Crippen LogP contribution >= 0.6 is 0 Å². The fourth-order valence-corrected chi connectivity index (χ4v) is 2.47. The van der Waals surface area contributed by atoms with E-state index in [9.17, 15) is 9.59 Å². The molecule has 0 bridgehead atoms. The van der Waals surface area contributed by atoms with E-state index in [0.29, 0.717) is 17.4 Å². The Bertz CT molecular complexity index is 561. The maximum Gasteiger partial charge on any atom is 0.308 e. The fourth-order valence-electron chi connectivity index (χ4n) is 2.47. The standard InChI is InChI=1S/C16H25N3O3/c1-9(2)8-19-14(12-5-6-12)13(7-17-19)15(20)18-11(4)10(3)16(21)22/h7,9-12H,5-6,8H2,1-4H3,(H,18,20)(H,21,22). The van der Waals surface area contributed by atoms with Gasteiger partial charge in [0.2, 0.25) is 0 Å². The average Bonchev–Trinajstić information content (AvgIpc) is 3.18. The van der Waals surface area contributed by atoms with E-state index >= 15 is 0 Å². The SMILES string of the molecule is CC(C)Cn1ncc(C(=O)NC(C)C(C)C(=O)O)c1C1CC1. The Morgan fingerprint density at radius 1 is 1.36 bits per heavy atom. The molecule has 2 atom stereocenters. The molecular formula is C16H25N3O3. The third-order valence-corrected chi connectivity index (χ3v) is 4.13. The van der Waals surface area contributed by atoms with Gasteiger partial charge in [-0.05, 0) is 32.6 Å². The van der Waals surface area contributed by atoms with Crippen LogP contribution < -0.4 is 5.32 Å². The molecule has 6 heteroatoms. The number of aliphatic carboxylic acids is 1. The summed E-state index contributed by atoms with van der Waals surface area (Å²) in [6, 6.07) is -0.425. The molecule has 1 fully saturated rings. The van der Waals surface area contributed by atoms with Gasteiger partial charge >= 0.3 is 5.97 Å². The molecule has 2 N–H and O–H groups in total. The van der Waals surface area contributed by atoms with Gasteiger partial charge in [0.15, 0.2) is 0 Å². The number of hydrogen-bond donors (Lipinski definition) is 2. The minimum atomic E-state index is -0.911. The lowest BCUT2D eigenvalue weighted by Crippen LogP contribution is -2.40. The number of carboxylic acid groups (broad SMARTS) is 1. The number of carboxylic acids is 1. The number of nitrogens with one attached hydrogen (secondary N) is 1. The van der Waals surface area contributed by atoms with Crippen molar-refractivity contribution in [1.82, 2.24) is 15.1 Å². The van der Waals surface area contributed by atoms with Crippen LogP contribution in [0.1, 0.15) is 62.5 Å². The molecule has 1 saturated carbocycles. The van der Waals surface area contributed by atoms with Crippen molar-refractivity contribution in [2.45, 2.75) is 59.0 Å². The molecular weight excluding hydrogens is 282 g/mol. The molecule has 22 heavy (non-hydrogen) atoms. The second-order valence-electron chi connectivity index (χ2n) is 6.68. The van der Waals surface area contributed by atoms with Crippen molar-refractivity contribution in [1.29, 1.82) is 0 Å². The summed E-state index contributed by atoms with van der Waals surface area (Å²) in [4.78, 5) is 23.5. The number of nitrogens with zero attached hydrogens (tertiary/aromatic N) is 2. The van der Waals surface area contributed by atoms with Crippen molar-refractivity contribution in [3.05, 3.63) is 17.5 Å². The van der Waals surface area contributed by atoms with E-state index in [1.807, 2.05) is 4.68 Å². The quantitative estimate of drug-likeness (QED) is 0.809. The van der Waals surface area contributed by atoms with Gasteiger partial charge in [-0.25, -0.2) is 0 Å². The molecule has 1 aliphatic carbocycles. The smallest absolute Gasteiger partial charge is 0.308 e. The third-order valence-electron chi connectivity index (χ3n) is 4.13. The van der Waals surface area contributed by atoms with Crippen molar-refractivity contribution >= 4 is 11.9 Å². The Balaban J connectivity index is 2.16. The molecule has 0 saturated heterocycles. The van der Waals surface area contributed by atoms with E-state index in [2.05, 4.69) is 24.3 Å². The summed E-state index contributed by atoms with van der Waals surface area (Å²) in [6.45, 7) is 8.34. The molecule has 0 radical (unpaired) electrons. The first-order valence-corrected chi connectivity index (χ1v) is 7.90. The van der Waals surface area contributed by atoms with E-state index in [-0.39, 0.29) is 5.91 Å². The summed E-state index contributed by atoms with van der Waals surface area (Å²) >= 11 is 0. The van der Waals surface area contributed by atoms with Gasteiger partial charge in [-0.2, -0.15) is 5.10 Å². The van der Waals surface area contributed by atoms with E-state index < -0.39 is 17.9 Å². The van der Waals surface area contributed by atoms with Crippen LogP contribution in [0.25, 0.3) is 0 Å². The summed E-state index contributed by atoms with van der Waals surface area (Å²) in [5.74, 6) is -0.893. The highest BCUT2D eigenvalue weighted by molar-refractivity contribution is 5.95. The molecule has 1 aromatic rings. The third kappa shape index (κ3) is 3.67. The van der Waals surface area contributed by atoms with E-state index in [0.717, 1.165) is 25.1 Å². The fraction of sp³-hybridized carbons (Fsp3) is 0.688.